The fraction of sp³-hybridized carbons (Fsp3) is 0.789. The van der Waals surface area contributed by atoms with Gasteiger partial charge in [0, 0.05) is 37.9 Å². The first-order valence-electron chi connectivity index (χ1n) is 10.1. The number of carbonyl (C=O) groups excluding carboxylic acids is 1. The fourth-order valence-electron chi connectivity index (χ4n) is 4.66. The summed E-state index contributed by atoms with van der Waals surface area (Å²) in [6.07, 6.45) is 11.9. The zero-order valence-electron chi connectivity index (χ0n) is 15.5. The van der Waals surface area contributed by atoms with E-state index in [1.54, 1.807) is 0 Å². The Bertz CT molecular complexity index is 572. The second-order valence-corrected chi connectivity index (χ2v) is 7.90. The van der Waals surface area contributed by atoms with E-state index in [0.29, 0.717) is 17.8 Å². The molecule has 1 saturated carbocycles. The topological polar surface area (TPSA) is 62.2 Å². The standard InChI is InChI=1S/C19H31N5O.ClH/c25-19(18-9-13-24(22-18)17-6-3-10-20-14-17)21-15-7-11-23(12-8-15)16-4-1-2-5-16;/h9,13,15-17,20H,1-8,10-12,14H2,(H,21,25);1H. The number of likely N-dealkylation sites (tertiary alicyclic amines) is 1. The lowest BCUT2D eigenvalue weighted by Crippen LogP contribution is -2.47. The molecule has 26 heavy (non-hydrogen) atoms. The molecule has 0 aromatic carbocycles. The molecule has 1 unspecified atom stereocenters. The first-order chi connectivity index (χ1) is 12.3. The summed E-state index contributed by atoms with van der Waals surface area (Å²) >= 11 is 0. The summed E-state index contributed by atoms with van der Waals surface area (Å²) in [4.78, 5) is 15.2. The summed E-state index contributed by atoms with van der Waals surface area (Å²) in [5.74, 6) is -0.0122. The molecule has 146 valence electrons. The number of nitrogens with one attached hydrogen (secondary N) is 2. The number of rotatable bonds is 4. The summed E-state index contributed by atoms with van der Waals surface area (Å²) in [7, 11) is 0. The van der Waals surface area contributed by atoms with Crippen molar-refractivity contribution < 1.29 is 4.79 Å². The van der Waals surface area contributed by atoms with Crippen LogP contribution in [0, 0.1) is 0 Å². The number of hydrogen-bond acceptors (Lipinski definition) is 4. The van der Waals surface area contributed by atoms with Crippen molar-refractivity contribution in [3.63, 3.8) is 0 Å². The van der Waals surface area contributed by atoms with E-state index in [4.69, 9.17) is 0 Å². The lowest BCUT2D eigenvalue weighted by Gasteiger charge is -2.36. The Kier molecular flexibility index (Phi) is 6.95. The van der Waals surface area contributed by atoms with Gasteiger partial charge in [-0.1, -0.05) is 12.8 Å². The zero-order valence-corrected chi connectivity index (χ0v) is 16.3. The molecule has 1 aromatic rings. The second kappa shape index (κ2) is 9.20. The first-order valence-corrected chi connectivity index (χ1v) is 10.1. The Labute approximate surface area is 162 Å². The predicted octanol–water partition coefficient (Wildman–Crippen LogP) is 2.37. The number of nitrogens with zero attached hydrogens (tertiary/aromatic N) is 3. The molecular weight excluding hydrogens is 350 g/mol. The van der Waals surface area contributed by atoms with Crippen LogP contribution in [0.15, 0.2) is 12.3 Å². The van der Waals surface area contributed by atoms with Crippen LogP contribution in [0.2, 0.25) is 0 Å². The molecule has 0 spiro atoms. The van der Waals surface area contributed by atoms with Gasteiger partial charge < -0.3 is 15.5 Å². The van der Waals surface area contributed by atoms with E-state index >= 15 is 0 Å². The molecule has 3 aliphatic rings. The maximum Gasteiger partial charge on any atom is 0.271 e. The van der Waals surface area contributed by atoms with Crippen molar-refractivity contribution in [2.45, 2.75) is 69.5 Å². The fourth-order valence-corrected chi connectivity index (χ4v) is 4.66. The van der Waals surface area contributed by atoms with Gasteiger partial charge in [0.1, 0.15) is 5.69 Å². The van der Waals surface area contributed by atoms with Crippen LogP contribution in [0.1, 0.15) is 67.9 Å². The molecule has 1 aromatic heterocycles. The molecule has 1 aliphatic carbocycles. The number of halogens is 1. The van der Waals surface area contributed by atoms with Crippen LogP contribution in [-0.2, 0) is 0 Å². The lowest BCUT2D eigenvalue weighted by molar-refractivity contribution is 0.0886. The summed E-state index contributed by atoms with van der Waals surface area (Å²) in [5, 5.41) is 11.1. The van der Waals surface area contributed by atoms with E-state index in [-0.39, 0.29) is 18.3 Å². The molecule has 0 bridgehead atoms. The van der Waals surface area contributed by atoms with E-state index in [0.717, 1.165) is 51.5 Å². The van der Waals surface area contributed by atoms with Crippen molar-refractivity contribution in [3.8, 4) is 0 Å². The van der Waals surface area contributed by atoms with Crippen LogP contribution in [0.4, 0.5) is 0 Å². The molecule has 7 heteroatoms. The van der Waals surface area contributed by atoms with Gasteiger partial charge in [0.25, 0.3) is 5.91 Å². The lowest BCUT2D eigenvalue weighted by atomic mass is 10.0. The Hall–Kier alpha value is -1.11. The van der Waals surface area contributed by atoms with Gasteiger partial charge in [-0.25, -0.2) is 0 Å². The third-order valence-corrected chi connectivity index (χ3v) is 6.19. The minimum Gasteiger partial charge on any atom is -0.348 e. The molecule has 6 nitrogen and oxygen atoms in total. The highest BCUT2D eigenvalue weighted by Gasteiger charge is 2.28. The quantitative estimate of drug-likeness (QED) is 0.840. The number of amides is 1. The van der Waals surface area contributed by atoms with E-state index in [2.05, 4.69) is 20.6 Å². The van der Waals surface area contributed by atoms with Crippen molar-refractivity contribution in [2.24, 2.45) is 0 Å². The number of piperidine rings is 2. The first kappa shape index (κ1) is 19.6. The predicted molar refractivity (Wildman–Crippen MR) is 105 cm³/mol. The maximum absolute atomic E-state index is 12.5. The SMILES string of the molecule is Cl.O=C(NC1CCN(C2CCCC2)CC1)c1ccn(C2CCCNC2)n1. The molecule has 1 amide bonds. The highest BCUT2D eigenvalue weighted by Crippen LogP contribution is 2.26. The van der Waals surface area contributed by atoms with Crippen LogP contribution in [-0.4, -0.2) is 58.9 Å². The Morgan fingerprint density at radius 3 is 2.50 bits per heavy atom. The highest BCUT2D eigenvalue weighted by atomic mass is 35.5. The summed E-state index contributed by atoms with van der Waals surface area (Å²) in [6, 6.07) is 3.34. The van der Waals surface area contributed by atoms with Gasteiger partial charge in [-0.3, -0.25) is 9.48 Å². The average Bonchev–Trinajstić information content (AvgIpc) is 3.35. The summed E-state index contributed by atoms with van der Waals surface area (Å²) in [5.41, 5.74) is 0.559. The second-order valence-electron chi connectivity index (χ2n) is 7.90. The van der Waals surface area contributed by atoms with Gasteiger partial charge in [0.15, 0.2) is 0 Å². The Balaban J connectivity index is 0.00000196. The van der Waals surface area contributed by atoms with Crippen molar-refractivity contribution in [1.82, 2.24) is 25.3 Å². The van der Waals surface area contributed by atoms with Crippen molar-refractivity contribution in [2.75, 3.05) is 26.2 Å². The summed E-state index contributed by atoms with van der Waals surface area (Å²) < 4.78 is 1.96. The number of aromatic nitrogens is 2. The third kappa shape index (κ3) is 4.59. The maximum atomic E-state index is 12.5. The zero-order chi connectivity index (χ0) is 17.1. The van der Waals surface area contributed by atoms with E-state index in [1.165, 1.54) is 32.1 Å². The molecule has 2 N–H and O–H groups in total. The molecule has 3 fully saturated rings. The number of carbonyl (C=O) groups is 1. The van der Waals surface area contributed by atoms with E-state index in [1.807, 2.05) is 16.9 Å². The van der Waals surface area contributed by atoms with E-state index < -0.39 is 0 Å². The highest BCUT2D eigenvalue weighted by molar-refractivity contribution is 5.92. The third-order valence-electron chi connectivity index (χ3n) is 6.19. The van der Waals surface area contributed by atoms with E-state index in [9.17, 15) is 4.79 Å². The Morgan fingerprint density at radius 2 is 1.81 bits per heavy atom. The summed E-state index contributed by atoms with van der Waals surface area (Å²) in [6.45, 7) is 4.28. The molecule has 1 atom stereocenters. The minimum atomic E-state index is -0.0122. The van der Waals surface area contributed by atoms with Gasteiger partial charge in [-0.05, 0) is 51.1 Å². The van der Waals surface area contributed by atoms with Crippen molar-refractivity contribution in [1.29, 1.82) is 0 Å². The van der Waals surface area contributed by atoms with Crippen molar-refractivity contribution in [3.05, 3.63) is 18.0 Å². The van der Waals surface area contributed by atoms with Crippen LogP contribution in [0.25, 0.3) is 0 Å². The molecule has 2 saturated heterocycles. The van der Waals surface area contributed by atoms with Crippen LogP contribution < -0.4 is 10.6 Å². The van der Waals surface area contributed by atoms with Gasteiger partial charge >= 0.3 is 0 Å². The van der Waals surface area contributed by atoms with Gasteiger partial charge in [0.05, 0.1) is 6.04 Å². The normalized spacial score (nSPS) is 25.8. The molecule has 2 aliphatic heterocycles. The van der Waals surface area contributed by atoms with Crippen LogP contribution in [0.5, 0.6) is 0 Å². The van der Waals surface area contributed by atoms with Gasteiger partial charge in [0.2, 0.25) is 0 Å². The Morgan fingerprint density at radius 1 is 1.08 bits per heavy atom. The minimum absolute atomic E-state index is 0. The smallest absolute Gasteiger partial charge is 0.271 e. The monoisotopic (exact) mass is 381 g/mol. The van der Waals surface area contributed by atoms with Crippen LogP contribution >= 0.6 is 12.4 Å². The number of hydrogen-bond donors (Lipinski definition) is 2. The molecule has 4 rings (SSSR count). The molecule has 0 radical (unpaired) electrons. The molecule has 3 heterocycles. The average molecular weight is 382 g/mol. The largest absolute Gasteiger partial charge is 0.348 e. The van der Waals surface area contributed by atoms with Gasteiger partial charge in [-0.15, -0.1) is 12.4 Å². The van der Waals surface area contributed by atoms with Crippen LogP contribution in [0.3, 0.4) is 0 Å². The van der Waals surface area contributed by atoms with Gasteiger partial charge in [-0.2, -0.15) is 5.10 Å². The molecular formula is C19H32ClN5O. The van der Waals surface area contributed by atoms with Crippen molar-refractivity contribution >= 4 is 18.3 Å².